The normalized spacial score (nSPS) is 14.8. The molecule has 0 atom stereocenters. The fourth-order valence-electron chi connectivity index (χ4n) is 3.59. The fourth-order valence-corrected chi connectivity index (χ4v) is 3.88. The highest BCUT2D eigenvalue weighted by Crippen LogP contribution is 2.37. The van der Waals surface area contributed by atoms with E-state index in [0.717, 1.165) is 43.2 Å². The van der Waals surface area contributed by atoms with Gasteiger partial charge in [0.05, 0.1) is 11.6 Å². The summed E-state index contributed by atoms with van der Waals surface area (Å²) in [6.07, 6.45) is 2.48. The van der Waals surface area contributed by atoms with Crippen LogP contribution in [-0.2, 0) is 13.2 Å². The lowest BCUT2D eigenvalue weighted by atomic mass is 9.98. The Morgan fingerprint density at radius 2 is 1.93 bits per heavy atom. The van der Waals surface area contributed by atoms with Crippen LogP contribution in [0, 0.1) is 12.8 Å². The molecule has 2 N–H and O–H groups in total. The Morgan fingerprint density at radius 1 is 1.11 bits per heavy atom. The van der Waals surface area contributed by atoms with Gasteiger partial charge in [0.1, 0.15) is 6.61 Å². The van der Waals surface area contributed by atoms with Gasteiger partial charge in [0, 0.05) is 6.54 Å². The molecule has 0 spiro atoms. The molecule has 0 radical (unpaired) electrons. The first kappa shape index (κ1) is 21.0. The summed E-state index contributed by atoms with van der Waals surface area (Å²) in [6.45, 7) is 9.15. The second-order valence-corrected chi connectivity index (χ2v) is 7.85. The van der Waals surface area contributed by atoms with Crippen molar-refractivity contribution in [2.24, 2.45) is 5.92 Å². The van der Waals surface area contributed by atoms with E-state index >= 15 is 0 Å². The van der Waals surface area contributed by atoms with Gasteiger partial charge >= 0.3 is 0 Å². The van der Waals surface area contributed by atoms with E-state index in [1.165, 1.54) is 18.4 Å². The monoisotopic (exact) mass is 402 g/mol. The van der Waals surface area contributed by atoms with Crippen LogP contribution in [0.5, 0.6) is 11.5 Å². The second-order valence-electron chi connectivity index (χ2n) is 7.44. The highest BCUT2D eigenvalue weighted by atomic mass is 35.5. The minimum atomic E-state index is 0.467. The van der Waals surface area contributed by atoms with Crippen molar-refractivity contribution in [3.8, 4) is 11.5 Å². The van der Waals surface area contributed by atoms with Gasteiger partial charge in [-0.2, -0.15) is 0 Å². The summed E-state index contributed by atoms with van der Waals surface area (Å²) >= 11 is 6.55. The van der Waals surface area contributed by atoms with Crippen molar-refractivity contribution in [1.82, 2.24) is 10.6 Å². The molecule has 152 valence electrons. The van der Waals surface area contributed by atoms with Gasteiger partial charge < -0.3 is 20.1 Å². The Bertz CT molecular complexity index is 760. The van der Waals surface area contributed by atoms with Crippen molar-refractivity contribution in [2.75, 3.05) is 26.2 Å². The highest BCUT2D eigenvalue weighted by Gasteiger charge is 2.15. The molecule has 2 aromatic carbocycles. The molecule has 1 fully saturated rings. The molecule has 28 heavy (non-hydrogen) atoms. The van der Waals surface area contributed by atoms with Crippen molar-refractivity contribution in [2.45, 2.75) is 39.8 Å². The van der Waals surface area contributed by atoms with Crippen LogP contribution in [0.2, 0.25) is 5.02 Å². The molecule has 5 heteroatoms. The third-order valence-corrected chi connectivity index (χ3v) is 5.34. The maximum Gasteiger partial charge on any atom is 0.180 e. The first-order valence-electron chi connectivity index (χ1n) is 10.2. The molecule has 0 aromatic heterocycles. The summed E-state index contributed by atoms with van der Waals surface area (Å²) in [5.74, 6) is 2.08. The molecule has 1 aliphatic heterocycles. The quantitative estimate of drug-likeness (QED) is 0.637. The van der Waals surface area contributed by atoms with Crippen molar-refractivity contribution in [3.05, 3.63) is 58.1 Å². The summed E-state index contributed by atoms with van der Waals surface area (Å²) in [5, 5.41) is 7.57. The minimum absolute atomic E-state index is 0.467. The molecule has 3 rings (SSSR count). The Hall–Kier alpha value is -1.75. The lowest BCUT2D eigenvalue weighted by Gasteiger charge is -2.23. The number of aryl methyl sites for hydroxylation is 1. The number of halogens is 1. The van der Waals surface area contributed by atoms with E-state index in [-0.39, 0.29) is 0 Å². The number of ether oxygens (including phenoxy) is 2. The Morgan fingerprint density at radius 3 is 2.68 bits per heavy atom. The number of piperidine rings is 1. The van der Waals surface area contributed by atoms with E-state index < -0.39 is 0 Å². The maximum absolute atomic E-state index is 6.55. The molecule has 0 amide bonds. The molecule has 0 bridgehead atoms. The summed E-state index contributed by atoms with van der Waals surface area (Å²) in [6, 6.07) is 12.3. The zero-order chi connectivity index (χ0) is 19.8. The lowest BCUT2D eigenvalue weighted by molar-refractivity contribution is 0.269. The molecule has 0 aliphatic carbocycles. The summed E-state index contributed by atoms with van der Waals surface area (Å²) in [7, 11) is 0. The summed E-state index contributed by atoms with van der Waals surface area (Å²) in [5.41, 5.74) is 3.45. The SMILES string of the molecule is CCOc1cc(CNCC2CCNCC2)cc(Cl)c1OCc1cccc(C)c1. The number of rotatable bonds is 9. The average Bonchev–Trinajstić information content (AvgIpc) is 2.68. The molecule has 0 saturated carbocycles. The van der Waals surface area contributed by atoms with E-state index in [4.69, 9.17) is 21.1 Å². The largest absolute Gasteiger partial charge is 0.490 e. The Labute approximate surface area is 173 Å². The van der Waals surface area contributed by atoms with Crippen LogP contribution in [0.4, 0.5) is 0 Å². The Kier molecular flexibility index (Phi) is 8.01. The van der Waals surface area contributed by atoms with Gasteiger partial charge in [-0.25, -0.2) is 0 Å². The van der Waals surface area contributed by atoms with Gasteiger partial charge in [0.25, 0.3) is 0 Å². The minimum Gasteiger partial charge on any atom is -0.490 e. The van der Waals surface area contributed by atoms with E-state index in [1.54, 1.807) is 0 Å². The van der Waals surface area contributed by atoms with Gasteiger partial charge in [-0.15, -0.1) is 0 Å². The molecule has 1 saturated heterocycles. The smallest absolute Gasteiger partial charge is 0.180 e. The fraction of sp³-hybridized carbons (Fsp3) is 0.478. The van der Waals surface area contributed by atoms with Crippen LogP contribution in [-0.4, -0.2) is 26.2 Å². The van der Waals surface area contributed by atoms with E-state index in [1.807, 2.05) is 25.1 Å². The third-order valence-electron chi connectivity index (χ3n) is 5.06. The van der Waals surface area contributed by atoms with Crippen LogP contribution in [0.25, 0.3) is 0 Å². The predicted molar refractivity (Wildman–Crippen MR) is 115 cm³/mol. The first-order valence-corrected chi connectivity index (χ1v) is 10.6. The molecule has 2 aromatic rings. The van der Waals surface area contributed by atoms with Gasteiger partial charge in [0.2, 0.25) is 0 Å². The van der Waals surface area contributed by atoms with Gasteiger partial charge in [-0.05, 0) is 75.5 Å². The second kappa shape index (κ2) is 10.7. The molecular weight excluding hydrogens is 372 g/mol. The van der Waals surface area contributed by atoms with Crippen molar-refractivity contribution in [3.63, 3.8) is 0 Å². The number of nitrogens with one attached hydrogen (secondary N) is 2. The first-order chi connectivity index (χ1) is 13.7. The lowest BCUT2D eigenvalue weighted by Crippen LogP contribution is -2.33. The third kappa shape index (κ3) is 6.13. The number of benzene rings is 2. The Balaban J connectivity index is 1.63. The predicted octanol–water partition coefficient (Wildman–Crippen LogP) is 4.72. The van der Waals surface area contributed by atoms with Crippen LogP contribution in [0.15, 0.2) is 36.4 Å². The highest BCUT2D eigenvalue weighted by molar-refractivity contribution is 6.32. The van der Waals surface area contributed by atoms with E-state index in [9.17, 15) is 0 Å². The number of hydrogen-bond acceptors (Lipinski definition) is 4. The topological polar surface area (TPSA) is 42.5 Å². The van der Waals surface area contributed by atoms with Crippen LogP contribution < -0.4 is 20.1 Å². The molecule has 4 nitrogen and oxygen atoms in total. The van der Waals surface area contributed by atoms with Crippen molar-refractivity contribution < 1.29 is 9.47 Å². The molecule has 1 heterocycles. The maximum atomic E-state index is 6.55. The zero-order valence-corrected chi connectivity index (χ0v) is 17.6. The standard InChI is InChI=1S/C23H31ClN2O2/c1-3-27-22-13-20(15-26-14-18-7-9-25-10-8-18)12-21(24)23(22)28-16-19-6-4-5-17(2)11-19/h4-6,11-13,18,25-26H,3,7-10,14-16H2,1-2H3. The van der Waals surface area contributed by atoms with Crippen LogP contribution >= 0.6 is 11.6 Å². The van der Waals surface area contributed by atoms with Gasteiger partial charge in [-0.1, -0.05) is 41.4 Å². The van der Waals surface area contributed by atoms with E-state index in [0.29, 0.717) is 29.7 Å². The molecule has 0 unspecified atom stereocenters. The van der Waals surface area contributed by atoms with Crippen LogP contribution in [0.1, 0.15) is 36.5 Å². The summed E-state index contributed by atoms with van der Waals surface area (Å²) < 4.78 is 11.9. The van der Waals surface area contributed by atoms with Gasteiger partial charge in [0.15, 0.2) is 11.5 Å². The zero-order valence-electron chi connectivity index (χ0n) is 16.9. The number of hydrogen-bond donors (Lipinski definition) is 2. The summed E-state index contributed by atoms with van der Waals surface area (Å²) in [4.78, 5) is 0. The van der Waals surface area contributed by atoms with E-state index in [2.05, 4.69) is 35.8 Å². The van der Waals surface area contributed by atoms with Crippen LogP contribution in [0.3, 0.4) is 0 Å². The van der Waals surface area contributed by atoms with Gasteiger partial charge in [-0.3, -0.25) is 0 Å². The average molecular weight is 403 g/mol. The van der Waals surface area contributed by atoms with Crippen molar-refractivity contribution >= 4 is 11.6 Å². The van der Waals surface area contributed by atoms with Crippen molar-refractivity contribution in [1.29, 1.82) is 0 Å². The molecule has 1 aliphatic rings. The molecular formula is C23H31ClN2O2.